The standard InChI is InChI=1S/C10H13NO2/c12-5-4-7-6-11-8-2-1-3-9(13)10(7)8/h1-3,7,11-13H,4-6H2. The number of benzene rings is 1. The van der Waals surface area contributed by atoms with Gasteiger partial charge in [-0.2, -0.15) is 0 Å². The number of phenols is 1. The molecular weight excluding hydrogens is 166 g/mol. The van der Waals surface area contributed by atoms with Gasteiger partial charge in [-0.05, 0) is 18.6 Å². The van der Waals surface area contributed by atoms with Gasteiger partial charge in [0, 0.05) is 30.3 Å². The van der Waals surface area contributed by atoms with Crippen LogP contribution in [0.4, 0.5) is 5.69 Å². The predicted octanol–water partition coefficient (Wildman–Crippen LogP) is 1.28. The Bertz CT molecular complexity index is 310. The summed E-state index contributed by atoms with van der Waals surface area (Å²) in [5.74, 6) is 0.585. The Balaban J connectivity index is 2.34. The van der Waals surface area contributed by atoms with Crippen molar-refractivity contribution in [2.24, 2.45) is 0 Å². The second-order valence-corrected chi connectivity index (χ2v) is 3.33. The Morgan fingerprint density at radius 1 is 1.46 bits per heavy atom. The molecule has 1 aromatic carbocycles. The van der Waals surface area contributed by atoms with Gasteiger partial charge >= 0.3 is 0 Å². The van der Waals surface area contributed by atoms with E-state index in [9.17, 15) is 5.11 Å². The SMILES string of the molecule is OCCC1CNc2cccc(O)c21. The minimum absolute atomic E-state index is 0.167. The number of rotatable bonds is 2. The van der Waals surface area contributed by atoms with Gasteiger partial charge in [-0.25, -0.2) is 0 Å². The molecule has 1 unspecified atom stereocenters. The quantitative estimate of drug-likeness (QED) is 0.641. The van der Waals surface area contributed by atoms with Gasteiger partial charge in [-0.1, -0.05) is 6.07 Å². The summed E-state index contributed by atoms with van der Waals surface area (Å²) in [6.07, 6.45) is 0.706. The van der Waals surface area contributed by atoms with Gasteiger partial charge in [-0.15, -0.1) is 0 Å². The van der Waals surface area contributed by atoms with E-state index in [2.05, 4.69) is 5.32 Å². The molecule has 3 N–H and O–H groups in total. The van der Waals surface area contributed by atoms with Crippen molar-refractivity contribution in [3.8, 4) is 5.75 Å². The molecule has 0 saturated heterocycles. The highest BCUT2D eigenvalue weighted by molar-refractivity contribution is 5.62. The second kappa shape index (κ2) is 3.26. The molecule has 1 heterocycles. The van der Waals surface area contributed by atoms with E-state index in [-0.39, 0.29) is 12.5 Å². The van der Waals surface area contributed by atoms with E-state index in [1.54, 1.807) is 6.07 Å². The van der Waals surface area contributed by atoms with Crippen LogP contribution in [0.1, 0.15) is 17.9 Å². The van der Waals surface area contributed by atoms with Crippen LogP contribution in [0.25, 0.3) is 0 Å². The lowest BCUT2D eigenvalue weighted by Gasteiger charge is -2.08. The minimum atomic E-state index is 0.167. The highest BCUT2D eigenvalue weighted by Crippen LogP contribution is 2.39. The summed E-state index contributed by atoms with van der Waals surface area (Å²) in [7, 11) is 0. The highest BCUT2D eigenvalue weighted by atomic mass is 16.3. The van der Waals surface area contributed by atoms with Crippen molar-refractivity contribution in [1.82, 2.24) is 0 Å². The van der Waals surface area contributed by atoms with Crippen LogP contribution >= 0.6 is 0 Å². The lowest BCUT2D eigenvalue weighted by molar-refractivity contribution is 0.278. The predicted molar refractivity (Wildman–Crippen MR) is 51.0 cm³/mol. The summed E-state index contributed by atoms with van der Waals surface area (Å²) in [5, 5.41) is 21.6. The zero-order chi connectivity index (χ0) is 9.26. The molecule has 3 heteroatoms. The molecule has 2 rings (SSSR count). The average molecular weight is 179 g/mol. The summed E-state index contributed by atoms with van der Waals surface area (Å²) < 4.78 is 0. The Labute approximate surface area is 77.0 Å². The van der Waals surface area contributed by atoms with Crippen molar-refractivity contribution in [3.05, 3.63) is 23.8 Å². The van der Waals surface area contributed by atoms with E-state index >= 15 is 0 Å². The third-order valence-corrected chi connectivity index (χ3v) is 2.51. The van der Waals surface area contributed by atoms with Gasteiger partial charge in [0.15, 0.2) is 0 Å². The number of hydrogen-bond donors (Lipinski definition) is 3. The number of aliphatic hydroxyl groups excluding tert-OH is 1. The summed E-state index contributed by atoms with van der Waals surface area (Å²) in [6, 6.07) is 5.46. The largest absolute Gasteiger partial charge is 0.508 e. The van der Waals surface area contributed by atoms with Gasteiger partial charge in [0.1, 0.15) is 5.75 Å². The average Bonchev–Trinajstić information content (AvgIpc) is 2.51. The lowest BCUT2D eigenvalue weighted by atomic mass is 9.97. The van der Waals surface area contributed by atoms with E-state index in [4.69, 9.17) is 5.11 Å². The molecular formula is C10H13NO2. The highest BCUT2D eigenvalue weighted by Gasteiger charge is 2.24. The minimum Gasteiger partial charge on any atom is -0.508 e. The molecule has 0 fully saturated rings. The van der Waals surface area contributed by atoms with Crippen molar-refractivity contribution >= 4 is 5.69 Å². The van der Waals surface area contributed by atoms with Crippen LogP contribution in [0.3, 0.4) is 0 Å². The van der Waals surface area contributed by atoms with E-state index in [0.717, 1.165) is 17.8 Å². The fourth-order valence-electron chi connectivity index (χ4n) is 1.87. The van der Waals surface area contributed by atoms with Crippen molar-refractivity contribution in [2.75, 3.05) is 18.5 Å². The third-order valence-electron chi connectivity index (χ3n) is 2.51. The zero-order valence-electron chi connectivity index (χ0n) is 7.33. The van der Waals surface area contributed by atoms with E-state index in [1.807, 2.05) is 12.1 Å². The van der Waals surface area contributed by atoms with Gasteiger partial charge in [0.25, 0.3) is 0 Å². The Morgan fingerprint density at radius 3 is 3.08 bits per heavy atom. The van der Waals surface area contributed by atoms with Crippen molar-refractivity contribution < 1.29 is 10.2 Å². The van der Waals surface area contributed by atoms with Crippen LogP contribution in [-0.2, 0) is 0 Å². The van der Waals surface area contributed by atoms with Crippen LogP contribution in [0.5, 0.6) is 5.75 Å². The van der Waals surface area contributed by atoms with Crippen molar-refractivity contribution in [1.29, 1.82) is 0 Å². The fraction of sp³-hybridized carbons (Fsp3) is 0.400. The maximum atomic E-state index is 9.61. The van der Waals surface area contributed by atoms with Gasteiger partial charge in [0.05, 0.1) is 0 Å². The Hall–Kier alpha value is -1.22. The van der Waals surface area contributed by atoms with Crippen molar-refractivity contribution in [2.45, 2.75) is 12.3 Å². The summed E-state index contributed by atoms with van der Waals surface area (Å²) >= 11 is 0. The molecule has 3 nitrogen and oxygen atoms in total. The van der Waals surface area contributed by atoms with Crippen LogP contribution < -0.4 is 5.32 Å². The second-order valence-electron chi connectivity index (χ2n) is 3.33. The van der Waals surface area contributed by atoms with Gasteiger partial charge in [-0.3, -0.25) is 0 Å². The lowest BCUT2D eigenvalue weighted by Crippen LogP contribution is -2.03. The smallest absolute Gasteiger partial charge is 0.121 e. The number of fused-ring (bicyclic) bond motifs is 1. The molecule has 0 aromatic heterocycles. The van der Waals surface area contributed by atoms with E-state index < -0.39 is 0 Å². The number of anilines is 1. The molecule has 1 atom stereocenters. The maximum Gasteiger partial charge on any atom is 0.121 e. The number of aromatic hydroxyl groups is 1. The van der Waals surface area contributed by atoms with E-state index in [1.165, 1.54) is 0 Å². The topological polar surface area (TPSA) is 52.5 Å². The van der Waals surface area contributed by atoms with E-state index in [0.29, 0.717) is 12.2 Å². The molecule has 1 aliphatic rings. The molecule has 0 aliphatic carbocycles. The molecule has 13 heavy (non-hydrogen) atoms. The first-order chi connectivity index (χ1) is 6.33. The number of aliphatic hydroxyl groups is 1. The summed E-state index contributed by atoms with van der Waals surface area (Å²) in [4.78, 5) is 0. The first-order valence-corrected chi connectivity index (χ1v) is 4.49. The molecule has 1 aromatic rings. The molecule has 70 valence electrons. The Kier molecular flexibility index (Phi) is 2.10. The number of phenolic OH excluding ortho intramolecular Hbond substituents is 1. The maximum absolute atomic E-state index is 9.61. The van der Waals surface area contributed by atoms with Crippen LogP contribution in [0, 0.1) is 0 Å². The number of hydrogen-bond acceptors (Lipinski definition) is 3. The summed E-state index contributed by atoms with van der Waals surface area (Å²) in [5.41, 5.74) is 1.95. The first kappa shape index (κ1) is 8.38. The number of nitrogens with one attached hydrogen (secondary N) is 1. The monoisotopic (exact) mass is 179 g/mol. The first-order valence-electron chi connectivity index (χ1n) is 4.49. The molecule has 1 aliphatic heterocycles. The summed E-state index contributed by atoms with van der Waals surface area (Å²) in [6.45, 7) is 0.980. The fourth-order valence-corrected chi connectivity index (χ4v) is 1.87. The van der Waals surface area contributed by atoms with Crippen LogP contribution in [0.15, 0.2) is 18.2 Å². The molecule has 0 amide bonds. The molecule has 0 bridgehead atoms. The Morgan fingerprint density at radius 2 is 2.31 bits per heavy atom. The van der Waals surface area contributed by atoms with Crippen LogP contribution in [0.2, 0.25) is 0 Å². The normalized spacial score (nSPS) is 19.6. The third kappa shape index (κ3) is 1.35. The van der Waals surface area contributed by atoms with Crippen molar-refractivity contribution in [3.63, 3.8) is 0 Å². The van der Waals surface area contributed by atoms with Gasteiger partial charge in [0.2, 0.25) is 0 Å². The zero-order valence-corrected chi connectivity index (χ0v) is 7.33. The molecule has 0 radical (unpaired) electrons. The molecule has 0 saturated carbocycles. The van der Waals surface area contributed by atoms with Crippen LogP contribution in [-0.4, -0.2) is 23.4 Å². The van der Waals surface area contributed by atoms with Gasteiger partial charge < -0.3 is 15.5 Å². The molecule has 0 spiro atoms.